The molecule has 5 heteroatoms. The molecule has 0 fully saturated rings. The average Bonchev–Trinajstić information content (AvgIpc) is 3.10. The molecule has 0 saturated carbocycles. The number of nitrogens with zero attached hydrogens (tertiary/aromatic N) is 2. The molecule has 2 aromatic carbocycles. The van der Waals surface area contributed by atoms with E-state index in [4.69, 9.17) is 5.41 Å². The highest BCUT2D eigenvalue weighted by molar-refractivity contribution is 6.30. The van der Waals surface area contributed by atoms with Gasteiger partial charge in [0, 0.05) is 5.69 Å². The van der Waals surface area contributed by atoms with E-state index in [0.717, 1.165) is 27.8 Å². The lowest BCUT2D eigenvalue weighted by Crippen LogP contribution is -2.26. The van der Waals surface area contributed by atoms with Crippen molar-refractivity contribution >= 4 is 28.1 Å². The van der Waals surface area contributed by atoms with E-state index in [9.17, 15) is 5.11 Å². The number of nitrogens with one attached hydrogen (secondary N) is 2. The quantitative estimate of drug-likeness (QED) is 0.656. The van der Waals surface area contributed by atoms with Crippen LogP contribution in [-0.4, -0.2) is 27.5 Å². The van der Waals surface area contributed by atoms with Gasteiger partial charge in [-0.05, 0) is 61.7 Å². The summed E-state index contributed by atoms with van der Waals surface area (Å²) < 4.78 is 0. The molecule has 0 saturated heterocycles. The maximum Gasteiger partial charge on any atom is 0.145 e. The van der Waals surface area contributed by atoms with Crippen molar-refractivity contribution < 1.29 is 5.11 Å². The Hall–Kier alpha value is -3.08. The van der Waals surface area contributed by atoms with Crippen LogP contribution in [0, 0.1) is 26.2 Å². The second-order valence-corrected chi connectivity index (χ2v) is 6.63. The number of aliphatic hydroxyl groups is 1. The highest BCUT2D eigenvalue weighted by atomic mass is 16.3. The van der Waals surface area contributed by atoms with Gasteiger partial charge < -0.3 is 15.0 Å². The molecule has 3 N–H and O–H groups in total. The van der Waals surface area contributed by atoms with Crippen molar-refractivity contribution in [1.29, 1.82) is 5.41 Å². The van der Waals surface area contributed by atoms with Gasteiger partial charge in [-0.25, -0.2) is 4.98 Å². The van der Waals surface area contributed by atoms with Gasteiger partial charge in [-0.1, -0.05) is 12.1 Å². The minimum absolute atomic E-state index is 0.166. The van der Waals surface area contributed by atoms with Gasteiger partial charge in [-0.2, -0.15) is 0 Å². The predicted octanol–water partition coefficient (Wildman–Crippen LogP) is 4.25. The number of amidine groups is 1. The van der Waals surface area contributed by atoms with E-state index in [-0.39, 0.29) is 18.1 Å². The highest BCUT2D eigenvalue weighted by Gasteiger charge is 2.31. The summed E-state index contributed by atoms with van der Waals surface area (Å²) in [5, 5.41) is 19.0. The maximum absolute atomic E-state index is 10.5. The number of fused-ring (bicyclic) bond motifs is 1. The zero-order valence-corrected chi connectivity index (χ0v) is 14.5. The van der Waals surface area contributed by atoms with Crippen molar-refractivity contribution in [1.82, 2.24) is 9.97 Å². The minimum Gasteiger partial charge on any atom is -0.509 e. The Morgan fingerprint density at radius 3 is 2.64 bits per heavy atom. The fourth-order valence-electron chi connectivity index (χ4n) is 3.18. The number of anilines is 1. The number of aromatic amines is 1. The van der Waals surface area contributed by atoms with Crippen LogP contribution in [0.1, 0.15) is 22.5 Å². The van der Waals surface area contributed by atoms with E-state index in [1.54, 1.807) is 4.90 Å². The molecule has 2 heterocycles. The van der Waals surface area contributed by atoms with E-state index in [0.29, 0.717) is 11.4 Å². The first-order valence-corrected chi connectivity index (χ1v) is 8.26. The van der Waals surface area contributed by atoms with E-state index in [1.165, 1.54) is 5.56 Å². The number of aromatic nitrogens is 2. The molecule has 126 valence electrons. The maximum atomic E-state index is 10.5. The SMILES string of the molecule is Cc1ccc2nc(C3=C(O)CN(c4ccc(C)c(C)c4)C3=N)[nH]c2c1. The lowest BCUT2D eigenvalue weighted by molar-refractivity contribution is 0.411. The summed E-state index contributed by atoms with van der Waals surface area (Å²) >= 11 is 0. The van der Waals surface area contributed by atoms with Gasteiger partial charge in [-0.3, -0.25) is 5.41 Å². The third-order valence-electron chi connectivity index (χ3n) is 4.78. The van der Waals surface area contributed by atoms with Crippen LogP contribution in [0.3, 0.4) is 0 Å². The van der Waals surface area contributed by atoms with Gasteiger partial charge in [0.2, 0.25) is 0 Å². The largest absolute Gasteiger partial charge is 0.509 e. The summed E-state index contributed by atoms with van der Waals surface area (Å²) in [4.78, 5) is 9.59. The van der Waals surface area contributed by atoms with Gasteiger partial charge in [0.1, 0.15) is 17.4 Å². The van der Waals surface area contributed by atoms with E-state index in [2.05, 4.69) is 16.9 Å². The van der Waals surface area contributed by atoms with Crippen LogP contribution in [0.4, 0.5) is 5.69 Å². The van der Waals surface area contributed by atoms with Crippen LogP contribution in [0.25, 0.3) is 16.6 Å². The van der Waals surface area contributed by atoms with Crippen molar-refractivity contribution in [3.05, 3.63) is 64.7 Å². The summed E-state index contributed by atoms with van der Waals surface area (Å²) in [6, 6.07) is 12.0. The van der Waals surface area contributed by atoms with Crippen LogP contribution in [0.5, 0.6) is 0 Å². The van der Waals surface area contributed by atoms with Crippen molar-refractivity contribution in [2.24, 2.45) is 0 Å². The Labute approximate surface area is 146 Å². The fourth-order valence-corrected chi connectivity index (χ4v) is 3.18. The van der Waals surface area contributed by atoms with E-state index >= 15 is 0 Å². The first-order valence-electron chi connectivity index (χ1n) is 8.26. The van der Waals surface area contributed by atoms with Crippen LogP contribution >= 0.6 is 0 Å². The molecule has 1 aliphatic rings. The predicted molar refractivity (Wildman–Crippen MR) is 101 cm³/mol. The molecule has 1 aliphatic heterocycles. The average molecular weight is 332 g/mol. The van der Waals surface area contributed by atoms with Crippen molar-refractivity contribution in [2.75, 3.05) is 11.4 Å². The Morgan fingerprint density at radius 1 is 1.08 bits per heavy atom. The molecule has 3 aromatic rings. The molecule has 0 spiro atoms. The van der Waals surface area contributed by atoms with Crippen LogP contribution in [0.2, 0.25) is 0 Å². The molecule has 1 aromatic heterocycles. The molecular weight excluding hydrogens is 312 g/mol. The third-order valence-corrected chi connectivity index (χ3v) is 4.78. The third kappa shape index (κ3) is 2.48. The zero-order chi connectivity index (χ0) is 17.7. The molecule has 0 bridgehead atoms. The lowest BCUT2D eigenvalue weighted by atomic mass is 10.1. The monoisotopic (exact) mass is 332 g/mol. The van der Waals surface area contributed by atoms with Crippen LogP contribution < -0.4 is 4.90 Å². The number of aryl methyl sites for hydroxylation is 3. The Kier molecular flexibility index (Phi) is 3.39. The first kappa shape index (κ1) is 15.4. The smallest absolute Gasteiger partial charge is 0.145 e. The van der Waals surface area contributed by atoms with Gasteiger partial charge in [0.25, 0.3) is 0 Å². The number of H-pyrrole nitrogens is 1. The van der Waals surface area contributed by atoms with Gasteiger partial charge in [0.15, 0.2) is 0 Å². The van der Waals surface area contributed by atoms with Gasteiger partial charge in [0.05, 0.1) is 23.2 Å². The van der Waals surface area contributed by atoms with Crippen molar-refractivity contribution in [2.45, 2.75) is 20.8 Å². The molecule has 4 rings (SSSR count). The number of benzene rings is 2. The summed E-state index contributed by atoms with van der Waals surface area (Å²) in [5.41, 5.74) is 6.62. The molecule has 0 amide bonds. The number of hydrogen-bond acceptors (Lipinski definition) is 3. The van der Waals surface area contributed by atoms with Crippen molar-refractivity contribution in [3.8, 4) is 0 Å². The van der Waals surface area contributed by atoms with Gasteiger partial charge >= 0.3 is 0 Å². The Morgan fingerprint density at radius 2 is 1.88 bits per heavy atom. The molecule has 0 unspecified atom stereocenters. The lowest BCUT2D eigenvalue weighted by Gasteiger charge is -2.19. The number of aliphatic hydroxyl groups excluding tert-OH is 1. The minimum atomic E-state index is 0.166. The fraction of sp³-hybridized carbons (Fsp3) is 0.200. The van der Waals surface area contributed by atoms with E-state index < -0.39 is 0 Å². The van der Waals surface area contributed by atoms with E-state index in [1.807, 2.05) is 50.2 Å². The molecule has 5 nitrogen and oxygen atoms in total. The molecule has 0 aliphatic carbocycles. The zero-order valence-electron chi connectivity index (χ0n) is 14.5. The molecule has 25 heavy (non-hydrogen) atoms. The number of hydrogen-bond donors (Lipinski definition) is 3. The van der Waals surface area contributed by atoms with Crippen LogP contribution in [0.15, 0.2) is 42.2 Å². The summed E-state index contributed by atoms with van der Waals surface area (Å²) in [6.07, 6.45) is 0. The summed E-state index contributed by atoms with van der Waals surface area (Å²) in [5.74, 6) is 0.963. The summed E-state index contributed by atoms with van der Waals surface area (Å²) in [6.45, 7) is 6.42. The number of rotatable bonds is 2. The summed E-state index contributed by atoms with van der Waals surface area (Å²) in [7, 11) is 0. The number of imidazole rings is 1. The Bertz CT molecular complexity index is 1050. The molecule has 0 radical (unpaired) electrons. The molecular formula is C20H20N4O. The second kappa shape index (κ2) is 5.48. The first-order chi connectivity index (χ1) is 11.9. The highest BCUT2D eigenvalue weighted by Crippen LogP contribution is 2.31. The second-order valence-electron chi connectivity index (χ2n) is 6.63. The molecule has 0 atom stereocenters. The van der Waals surface area contributed by atoms with Gasteiger partial charge in [-0.15, -0.1) is 0 Å². The Balaban J connectivity index is 1.73. The standard InChI is InChI=1S/C20H20N4O/c1-11-4-7-15-16(8-11)23-20(22-15)18-17(25)10-24(19(18)21)14-6-5-12(2)13(3)9-14/h4-9,21,25H,10H2,1-3H3,(H,22,23). The topological polar surface area (TPSA) is 76.0 Å². The van der Waals surface area contributed by atoms with Crippen LogP contribution in [-0.2, 0) is 0 Å². The van der Waals surface area contributed by atoms with Crippen molar-refractivity contribution in [3.63, 3.8) is 0 Å². The normalized spacial score (nSPS) is 14.8.